The van der Waals surface area contributed by atoms with Crippen LogP contribution in [0, 0.1) is 0 Å². The van der Waals surface area contributed by atoms with Crippen LogP contribution in [0.15, 0.2) is 34.8 Å². The Balaban J connectivity index is 2.06. The molecular formula is C15H8BrN5O2. The third-order valence-corrected chi connectivity index (χ3v) is 4.40. The number of hydrogen-bond acceptors (Lipinski definition) is 6. The van der Waals surface area contributed by atoms with Crippen LogP contribution in [0.1, 0.15) is 31.8 Å². The molecule has 23 heavy (non-hydrogen) atoms. The van der Waals surface area contributed by atoms with Gasteiger partial charge < -0.3 is 5.73 Å². The molecule has 0 radical (unpaired) electrons. The molecule has 0 unspecified atom stereocenters. The van der Waals surface area contributed by atoms with Gasteiger partial charge in [-0.25, -0.2) is 0 Å². The van der Waals surface area contributed by atoms with Crippen LogP contribution in [-0.4, -0.2) is 32.2 Å². The van der Waals surface area contributed by atoms with Crippen molar-refractivity contribution >= 4 is 33.2 Å². The number of nitrogens with one attached hydrogen (secondary N) is 1. The molecule has 7 nitrogen and oxygen atoms in total. The number of fused-ring (bicyclic) bond motifs is 2. The zero-order chi connectivity index (χ0) is 16.1. The van der Waals surface area contributed by atoms with Crippen molar-refractivity contribution in [3.8, 4) is 11.4 Å². The molecule has 0 aliphatic heterocycles. The Kier molecular flexibility index (Phi) is 2.88. The first-order chi connectivity index (χ1) is 11.1. The number of nitrogens with two attached hydrogens (primary N) is 1. The van der Waals surface area contributed by atoms with E-state index in [2.05, 4.69) is 36.6 Å². The highest BCUT2D eigenvalue weighted by atomic mass is 79.9. The number of carbonyl (C=O) groups excluding carboxylic acids is 2. The summed E-state index contributed by atoms with van der Waals surface area (Å²) >= 11 is 3.36. The van der Waals surface area contributed by atoms with E-state index in [-0.39, 0.29) is 34.2 Å². The highest BCUT2D eigenvalue weighted by molar-refractivity contribution is 9.10. The summed E-state index contributed by atoms with van der Waals surface area (Å²) < 4.78 is 0.467. The van der Waals surface area contributed by atoms with Gasteiger partial charge in [0.05, 0.1) is 16.8 Å². The van der Waals surface area contributed by atoms with Crippen molar-refractivity contribution in [2.75, 3.05) is 5.73 Å². The number of ketones is 2. The second-order valence-corrected chi connectivity index (χ2v) is 5.86. The predicted molar refractivity (Wildman–Crippen MR) is 85.0 cm³/mol. The monoisotopic (exact) mass is 369 g/mol. The standard InChI is InChI=1S/C15H8BrN5O2/c16-9-5-8(15-18-20-21-19-15)12(17)11-10(9)13(22)6-3-1-2-4-7(6)14(11)23/h1-5H,17H2,(H,18,19,20,21). The van der Waals surface area contributed by atoms with Crippen molar-refractivity contribution in [2.24, 2.45) is 0 Å². The van der Waals surface area contributed by atoms with Crippen LogP contribution >= 0.6 is 15.9 Å². The second-order valence-electron chi connectivity index (χ2n) is 5.01. The van der Waals surface area contributed by atoms with E-state index < -0.39 is 0 Å². The van der Waals surface area contributed by atoms with Gasteiger partial charge in [0.1, 0.15) is 0 Å². The van der Waals surface area contributed by atoms with Gasteiger partial charge in [0.15, 0.2) is 11.6 Å². The molecule has 0 saturated carbocycles. The number of tetrazole rings is 1. The summed E-state index contributed by atoms with van der Waals surface area (Å²) in [5.74, 6) is -0.280. The van der Waals surface area contributed by atoms with Crippen LogP contribution < -0.4 is 5.73 Å². The van der Waals surface area contributed by atoms with E-state index in [4.69, 9.17) is 5.73 Å². The van der Waals surface area contributed by atoms with Crippen molar-refractivity contribution in [3.63, 3.8) is 0 Å². The van der Waals surface area contributed by atoms with E-state index in [1.807, 2.05) is 0 Å². The molecule has 0 spiro atoms. The zero-order valence-corrected chi connectivity index (χ0v) is 13.1. The van der Waals surface area contributed by atoms with Gasteiger partial charge in [0.25, 0.3) is 0 Å². The van der Waals surface area contributed by atoms with Gasteiger partial charge >= 0.3 is 0 Å². The number of hydrogen-bond donors (Lipinski definition) is 2. The summed E-state index contributed by atoms with van der Waals surface area (Å²) in [6.45, 7) is 0. The fourth-order valence-electron chi connectivity index (χ4n) is 2.73. The second kappa shape index (κ2) is 4.82. The maximum atomic E-state index is 12.8. The number of aromatic amines is 1. The minimum absolute atomic E-state index is 0.164. The summed E-state index contributed by atoms with van der Waals surface area (Å²) in [6, 6.07) is 8.31. The first-order valence-corrected chi connectivity index (χ1v) is 7.43. The molecule has 0 atom stereocenters. The van der Waals surface area contributed by atoms with Crippen LogP contribution in [0.3, 0.4) is 0 Å². The lowest BCUT2D eigenvalue weighted by Gasteiger charge is -2.21. The average molecular weight is 370 g/mol. The first-order valence-electron chi connectivity index (χ1n) is 6.64. The molecule has 4 rings (SSSR count). The van der Waals surface area contributed by atoms with Crippen molar-refractivity contribution in [1.29, 1.82) is 0 Å². The molecule has 0 fully saturated rings. The molecule has 2 aromatic carbocycles. The number of carbonyl (C=O) groups is 2. The molecule has 112 valence electrons. The third-order valence-electron chi connectivity index (χ3n) is 3.78. The molecule has 1 aliphatic carbocycles. The van der Waals surface area contributed by atoms with Crippen LogP contribution in [-0.2, 0) is 0 Å². The van der Waals surface area contributed by atoms with Crippen molar-refractivity contribution < 1.29 is 9.59 Å². The van der Waals surface area contributed by atoms with Crippen molar-refractivity contribution in [1.82, 2.24) is 20.6 Å². The van der Waals surface area contributed by atoms with E-state index in [1.54, 1.807) is 30.3 Å². The van der Waals surface area contributed by atoms with Crippen LogP contribution in [0.4, 0.5) is 5.69 Å². The number of benzene rings is 2. The molecule has 1 aliphatic rings. The van der Waals surface area contributed by atoms with Crippen LogP contribution in [0.5, 0.6) is 0 Å². The molecular weight excluding hydrogens is 362 g/mol. The minimum atomic E-state index is -0.293. The van der Waals surface area contributed by atoms with Crippen LogP contribution in [0.25, 0.3) is 11.4 Å². The van der Waals surface area contributed by atoms with E-state index in [9.17, 15) is 9.59 Å². The fourth-order valence-corrected chi connectivity index (χ4v) is 3.34. The molecule has 0 saturated heterocycles. The summed E-state index contributed by atoms with van der Waals surface area (Å²) in [4.78, 5) is 25.6. The predicted octanol–water partition coefficient (Wildman–Crippen LogP) is 1.99. The van der Waals surface area contributed by atoms with Gasteiger partial charge in [-0.3, -0.25) is 9.59 Å². The van der Waals surface area contributed by atoms with E-state index in [0.717, 1.165) is 0 Å². The maximum absolute atomic E-state index is 12.8. The minimum Gasteiger partial charge on any atom is -0.398 e. The largest absolute Gasteiger partial charge is 0.398 e. The lowest BCUT2D eigenvalue weighted by molar-refractivity contribution is 0.0979. The molecule has 0 amide bonds. The van der Waals surface area contributed by atoms with Gasteiger partial charge in [0.2, 0.25) is 5.82 Å². The number of H-pyrrole nitrogens is 1. The highest BCUT2D eigenvalue weighted by Gasteiger charge is 2.34. The molecule has 1 aromatic heterocycles. The summed E-state index contributed by atoms with van der Waals surface area (Å²) in [7, 11) is 0. The number of nitrogens with zero attached hydrogens (tertiary/aromatic N) is 3. The molecule has 3 N–H and O–H groups in total. The SMILES string of the molecule is Nc1c(-c2nn[nH]n2)cc(Br)c2c1C(=O)c1ccccc1C2=O. The lowest BCUT2D eigenvalue weighted by atomic mass is 9.82. The summed E-state index contributed by atoms with van der Waals surface area (Å²) in [6.07, 6.45) is 0. The Morgan fingerprint density at radius 3 is 2.26 bits per heavy atom. The smallest absolute Gasteiger partial charge is 0.206 e. The van der Waals surface area contributed by atoms with Gasteiger partial charge in [-0.05, 0) is 27.2 Å². The van der Waals surface area contributed by atoms with Crippen LogP contribution in [0.2, 0.25) is 0 Å². The number of aromatic nitrogens is 4. The Hall–Kier alpha value is -2.87. The Morgan fingerprint density at radius 1 is 1.00 bits per heavy atom. The van der Waals surface area contributed by atoms with Gasteiger partial charge in [-0.2, -0.15) is 5.21 Å². The molecule has 8 heteroatoms. The molecule has 0 bridgehead atoms. The van der Waals surface area contributed by atoms with Gasteiger partial charge in [-0.15, -0.1) is 10.2 Å². The topological polar surface area (TPSA) is 115 Å². The quantitative estimate of drug-likeness (QED) is 0.495. The third kappa shape index (κ3) is 1.85. The normalized spacial score (nSPS) is 12.9. The Labute approximate surface area is 138 Å². The number of anilines is 1. The molecule has 1 heterocycles. The van der Waals surface area contributed by atoms with Crippen molar-refractivity contribution in [3.05, 3.63) is 57.1 Å². The van der Waals surface area contributed by atoms with E-state index in [1.165, 1.54) is 0 Å². The Bertz CT molecular complexity index is 982. The van der Waals surface area contributed by atoms with Gasteiger partial charge in [0, 0.05) is 21.2 Å². The fraction of sp³-hybridized carbons (Fsp3) is 0. The summed E-state index contributed by atoms with van der Waals surface area (Å²) in [5.41, 5.74) is 7.90. The van der Waals surface area contributed by atoms with Gasteiger partial charge in [-0.1, -0.05) is 24.3 Å². The average Bonchev–Trinajstić information content (AvgIpc) is 3.08. The Morgan fingerprint density at radius 2 is 1.65 bits per heavy atom. The van der Waals surface area contributed by atoms with E-state index in [0.29, 0.717) is 21.2 Å². The number of rotatable bonds is 1. The van der Waals surface area contributed by atoms with E-state index >= 15 is 0 Å². The highest BCUT2D eigenvalue weighted by Crippen LogP contribution is 2.39. The lowest BCUT2D eigenvalue weighted by Crippen LogP contribution is -2.23. The number of halogens is 1. The summed E-state index contributed by atoms with van der Waals surface area (Å²) in [5, 5.41) is 13.6. The van der Waals surface area contributed by atoms with Crippen molar-refractivity contribution in [2.45, 2.75) is 0 Å². The molecule has 3 aromatic rings. The zero-order valence-electron chi connectivity index (χ0n) is 11.5. The number of nitrogen functional groups attached to an aromatic ring is 1. The first kappa shape index (κ1) is 13.8. The maximum Gasteiger partial charge on any atom is 0.206 e.